The van der Waals surface area contributed by atoms with Gasteiger partial charge in [-0.05, 0) is 0 Å². The van der Waals surface area contributed by atoms with E-state index in [4.69, 9.17) is 0 Å². The monoisotopic (exact) mass is 389 g/mol. The van der Waals surface area contributed by atoms with Crippen LogP contribution in [0.4, 0.5) is 0 Å². The number of allylic oxidation sites excluding steroid dienone is 1. The summed E-state index contributed by atoms with van der Waals surface area (Å²) in [6.45, 7) is 0. The van der Waals surface area contributed by atoms with Crippen LogP contribution in [0.2, 0.25) is 14.8 Å². The first-order chi connectivity index (χ1) is 10.0. The molecular formula is C18H21O2Sn. The van der Waals surface area contributed by atoms with Gasteiger partial charge in [0.05, 0.1) is 0 Å². The number of hydrogen-bond donors (Lipinski definition) is 1. The summed E-state index contributed by atoms with van der Waals surface area (Å²) in [5, 5.41) is 9.79. The Morgan fingerprint density at radius 1 is 0.857 bits per heavy atom. The van der Waals surface area contributed by atoms with Crippen molar-refractivity contribution in [2.45, 2.75) is 14.8 Å². The van der Waals surface area contributed by atoms with E-state index in [9.17, 15) is 9.90 Å². The van der Waals surface area contributed by atoms with Gasteiger partial charge < -0.3 is 5.11 Å². The molecule has 2 aromatic carbocycles. The summed E-state index contributed by atoms with van der Waals surface area (Å²) >= 11 is -0.543. The van der Waals surface area contributed by atoms with Gasteiger partial charge in [-0.25, -0.2) is 0 Å². The van der Waals surface area contributed by atoms with Crippen LogP contribution in [0.5, 0.6) is 0 Å². The van der Waals surface area contributed by atoms with Gasteiger partial charge in [-0.1, -0.05) is 60.7 Å². The summed E-state index contributed by atoms with van der Waals surface area (Å²) in [5.74, 6) is -0.216. The van der Waals surface area contributed by atoms with Crippen molar-refractivity contribution < 1.29 is 9.90 Å². The van der Waals surface area contributed by atoms with Crippen molar-refractivity contribution in [2.75, 3.05) is 0 Å². The molecule has 21 heavy (non-hydrogen) atoms. The molecule has 0 fully saturated rings. The fourth-order valence-corrected chi connectivity index (χ4v) is 1.50. The maximum atomic E-state index is 11.8. The molecular weight excluding hydrogens is 367 g/mol. The Morgan fingerprint density at radius 3 is 1.67 bits per heavy atom. The number of aliphatic hydroxyl groups excluding tert-OH is 1. The van der Waals surface area contributed by atoms with Crippen LogP contribution < -0.4 is 0 Å². The molecule has 0 unspecified atom stereocenters. The SMILES string of the molecule is O=C(/C=C(\O)c1ccccc1)c1ccccc1.[CH3][Sn]([CH3])[CH3]. The van der Waals surface area contributed by atoms with Crippen molar-refractivity contribution in [3.05, 3.63) is 77.9 Å². The van der Waals surface area contributed by atoms with E-state index in [0.717, 1.165) is 0 Å². The summed E-state index contributed by atoms with van der Waals surface area (Å²) in [4.78, 5) is 18.9. The van der Waals surface area contributed by atoms with Crippen molar-refractivity contribution in [1.82, 2.24) is 0 Å². The Bertz CT molecular complexity index is 572. The van der Waals surface area contributed by atoms with Crippen LogP contribution in [0.3, 0.4) is 0 Å². The zero-order chi connectivity index (χ0) is 15.7. The summed E-state index contributed by atoms with van der Waals surface area (Å²) in [6.07, 6.45) is 1.24. The van der Waals surface area contributed by atoms with Gasteiger partial charge in [0.15, 0.2) is 5.78 Å². The van der Waals surface area contributed by atoms with Crippen molar-refractivity contribution in [3.63, 3.8) is 0 Å². The van der Waals surface area contributed by atoms with Crippen molar-refractivity contribution >= 4 is 31.3 Å². The van der Waals surface area contributed by atoms with Gasteiger partial charge in [-0.3, -0.25) is 4.79 Å². The Kier molecular flexibility index (Phi) is 7.83. The molecule has 0 atom stereocenters. The average Bonchev–Trinajstić information content (AvgIpc) is 2.48. The molecule has 2 rings (SSSR count). The number of benzene rings is 2. The first-order valence-electron chi connectivity index (χ1n) is 6.83. The van der Waals surface area contributed by atoms with Gasteiger partial charge in [0.25, 0.3) is 0 Å². The van der Waals surface area contributed by atoms with Gasteiger partial charge >= 0.3 is 34.6 Å². The Balaban J connectivity index is 0.000000491. The van der Waals surface area contributed by atoms with E-state index in [0.29, 0.717) is 11.1 Å². The van der Waals surface area contributed by atoms with E-state index in [2.05, 4.69) is 14.8 Å². The number of rotatable bonds is 3. The van der Waals surface area contributed by atoms with E-state index in [1.807, 2.05) is 24.3 Å². The molecule has 0 aromatic heterocycles. The second-order valence-electron chi connectivity index (χ2n) is 5.13. The Morgan fingerprint density at radius 2 is 1.24 bits per heavy atom. The number of carbonyl (C=O) groups is 1. The van der Waals surface area contributed by atoms with Crippen molar-refractivity contribution in [3.8, 4) is 0 Å². The zero-order valence-corrected chi connectivity index (χ0v) is 15.6. The molecule has 3 heteroatoms. The van der Waals surface area contributed by atoms with Crippen molar-refractivity contribution in [1.29, 1.82) is 0 Å². The molecule has 0 heterocycles. The summed E-state index contributed by atoms with van der Waals surface area (Å²) in [7, 11) is 0. The number of aliphatic hydroxyl groups is 1. The van der Waals surface area contributed by atoms with Gasteiger partial charge in [-0.15, -0.1) is 0 Å². The first-order valence-corrected chi connectivity index (χ1v) is 15.4. The molecule has 0 aliphatic carbocycles. The maximum absolute atomic E-state index is 11.8. The summed E-state index contributed by atoms with van der Waals surface area (Å²) in [5.41, 5.74) is 1.20. The quantitative estimate of drug-likeness (QED) is 0.354. The minimum atomic E-state index is -0.543. The third-order valence-electron chi connectivity index (χ3n) is 2.40. The van der Waals surface area contributed by atoms with Gasteiger partial charge in [0, 0.05) is 17.2 Å². The van der Waals surface area contributed by atoms with Gasteiger partial charge in [-0.2, -0.15) is 0 Å². The number of ketones is 1. The topological polar surface area (TPSA) is 37.3 Å². The van der Waals surface area contributed by atoms with Crippen LogP contribution >= 0.6 is 0 Å². The normalized spacial score (nSPS) is 10.8. The molecule has 0 bridgehead atoms. The Hall–Kier alpha value is -1.55. The van der Waals surface area contributed by atoms with Crippen LogP contribution in [0.15, 0.2) is 66.7 Å². The van der Waals surface area contributed by atoms with Crippen LogP contribution in [0.25, 0.3) is 5.76 Å². The fourth-order valence-electron chi connectivity index (χ4n) is 1.50. The zero-order valence-electron chi connectivity index (χ0n) is 12.7. The van der Waals surface area contributed by atoms with E-state index in [1.54, 1.807) is 36.4 Å². The average molecular weight is 388 g/mol. The molecule has 0 amide bonds. The molecule has 109 valence electrons. The van der Waals surface area contributed by atoms with Crippen LogP contribution in [0, 0.1) is 0 Å². The van der Waals surface area contributed by atoms with Gasteiger partial charge in [0.2, 0.25) is 0 Å². The molecule has 0 aliphatic heterocycles. The molecule has 0 aliphatic rings. The molecule has 0 saturated heterocycles. The van der Waals surface area contributed by atoms with Gasteiger partial charge in [0.1, 0.15) is 5.76 Å². The third kappa shape index (κ3) is 7.14. The first kappa shape index (κ1) is 17.5. The molecule has 1 N–H and O–H groups in total. The van der Waals surface area contributed by atoms with Crippen LogP contribution in [0.1, 0.15) is 15.9 Å². The predicted molar refractivity (Wildman–Crippen MR) is 91.2 cm³/mol. The summed E-state index contributed by atoms with van der Waals surface area (Å²) < 4.78 is 0. The molecule has 2 nitrogen and oxygen atoms in total. The van der Waals surface area contributed by atoms with E-state index in [1.165, 1.54) is 6.08 Å². The molecule has 1 radical (unpaired) electrons. The fraction of sp³-hybridized carbons (Fsp3) is 0.167. The van der Waals surface area contributed by atoms with Crippen molar-refractivity contribution in [2.24, 2.45) is 0 Å². The number of carbonyl (C=O) groups excluding carboxylic acids is 1. The number of hydrogen-bond acceptors (Lipinski definition) is 2. The standard InChI is InChI=1S/C15H12O2.3CH3.Sn/c16-14(12-7-3-1-4-8-12)11-15(17)13-9-5-2-6-10-13;;;;/h1-11,16H;3*1H3;/b14-11-;;;;. The van der Waals surface area contributed by atoms with E-state index >= 15 is 0 Å². The molecule has 0 saturated carbocycles. The van der Waals surface area contributed by atoms with Crippen LogP contribution in [-0.2, 0) is 0 Å². The second-order valence-corrected chi connectivity index (χ2v) is 13.7. The third-order valence-corrected chi connectivity index (χ3v) is 2.40. The Labute approximate surface area is 133 Å². The predicted octanol–water partition coefficient (Wildman–Crippen LogP) is 4.84. The summed E-state index contributed by atoms with van der Waals surface area (Å²) in [6, 6.07) is 17.9. The molecule has 0 spiro atoms. The molecule has 2 aromatic rings. The minimum absolute atomic E-state index is 0.0144. The van der Waals surface area contributed by atoms with E-state index < -0.39 is 19.8 Å². The van der Waals surface area contributed by atoms with Crippen LogP contribution in [-0.4, -0.2) is 30.6 Å². The second kappa shape index (κ2) is 9.40. The van der Waals surface area contributed by atoms with E-state index in [-0.39, 0.29) is 11.5 Å².